The third-order valence-electron chi connectivity index (χ3n) is 5.73. The van der Waals surface area contributed by atoms with E-state index in [1.54, 1.807) is 0 Å². The minimum atomic E-state index is 0.489. The van der Waals surface area contributed by atoms with E-state index in [-0.39, 0.29) is 0 Å². The molecule has 1 aromatic rings. The van der Waals surface area contributed by atoms with Crippen molar-refractivity contribution < 1.29 is 4.52 Å². The lowest BCUT2D eigenvalue weighted by atomic mass is 9.80. The van der Waals surface area contributed by atoms with Gasteiger partial charge in [0.2, 0.25) is 5.89 Å². The van der Waals surface area contributed by atoms with Crippen LogP contribution in [0.1, 0.15) is 88.3 Å². The average molecular weight is 291 g/mol. The molecule has 2 aliphatic rings. The van der Waals surface area contributed by atoms with Crippen molar-refractivity contribution in [3.05, 3.63) is 11.7 Å². The summed E-state index contributed by atoms with van der Waals surface area (Å²) >= 11 is 0. The number of hydrogen-bond donors (Lipinski definition) is 1. The van der Waals surface area contributed by atoms with Gasteiger partial charge >= 0.3 is 0 Å². The molecule has 0 amide bonds. The maximum atomic E-state index is 5.60. The Hall–Kier alpha value is -0.900. The van der Waals surface area contributed by atoms with Crippen molar-refractivity contribution in [2.24, 2.45) is 5.92 Å². The second-order valence-corrected chi connectivity index (χ2v) is 6.95. The molecule has 0 atom stereocenters. The molecule has 2 fully saturated rings. The van der Waals surface area contributed by atoms with Gasteiger partial charge in [0.15, 0.2) is 5.82 Å². The molecule has 21 heavy (non-hydrogen) atoms. The Bertz CT molecular complexity index is 390. The molecule has 1 aromatic heterocycles. The highest BCUT2D eigenvalue weighted by Gasteiger charge is 2.29. The molecular formula is C17H29N3O. The van der Waals surface area contributed by atoms with E-state index in [9.17, 15) is 0 Å². The van der Waals surface area contributed by atoms with Gasteiger partial charge in [-0.05, 0) is 64.3 Å². The first-order valence-corrected chi connectivity index (χ1v) is 8.80. The van der Waals surface area contributed by atoms with Crippen LogP contribution in [-0.2, 0) is 0 Å². The monoisotopic (exact) mass is 291 g/mol. The van der Waals surface area contributed by atoms with Crippen molar-refractivity contribution in [3.8, 4) is 0 Å². The highest BCUT2D eigenvalue weighted by atomic mass is 16.5. The van der Waals surface area contributed by atoms with E-state index in [1.807, 2.05) is 0 Å². The van der Waals surface area contributed by atoms with Gasteiger partial charge in [-0.25, -0.2) is 0 Å². The minimum absolute atomic E-state index is 0.489. The first kappa shape index (κ1) is 15.0. The largest absolute Gasteiger partial charge is 0.339 e. The number of rotatable bonds is 4. The molecule has 3 rings (SSSR count). The molecule has 0 spiro atoms. The Kier molecular flexibility index (Phi) is 4.94. The van der Waals surface area contributed by atoms with Crippen molar-refractivity contribution in [1.82, 2.24) is 15.5 Å². The molecule has 2 saturated carbocycles. The van der Waals surface area contributed by atoms with Gasteiger partial charge in [-0.1, -0.05) is 18.5 Å². The van der Waals surface area contributed by atoms with Crippen LogP contribution in [0.3, 0.4) is 0 Å². The third kappa shape index (κ3) is 3.47. The van der Waals surface area contributed by atoms with Crippen molar-refractivity contribution in [2.75, 3.05) is 7.05 Å². The van der Waals surface area contributed by atoms with Crippen LogP contribution in [0.2, 0.25) is 0 Å². The van der Waals surface area contributed by atoms with Gasteiger partial charge in [0, 0.05) is 17.9 Å². The molecule has 118 valence electrons. The van der Waals surface area contributed by atoms with E-state index in [4.69, 9.17) is 9.51 Å². The molecule has 4 nitrogen and oxygen atoms in total. The first-order chi connectivity index (χ1) is 10.3. The Morgan fingerprint density at radius 2 is 1.67 bits per heavy atom. The van der Waals surface area contributed by atoms with E-state index in [0.717, 1.165) is 17.6 Å². The van der Waals surface area contributed by atoms with Crippen molar-refractivity contribution in [1.29, 1.82) is 0 Å². The summed E-state index contributed by atoms with van der Waals surface area (Å²) in [6.07, 6.45) is 11.3. The van der Waals surface area contributed by atoms with E-state index in [2.05, 4.69) is 24.4 Å². The quantitative estimate of drug-likeness (QED) is 0.911. The van der Waals surface area contributed by atoms with Crippen molar-refractivity contribution in [3.63, 3.8) is 0 Å². The van der Waals surface area contributed by atoms with Crippen molar-refractivity contribution >= 4 is 0 Å². The van der Waals surface area contributed by atoms with E-state index in [1.165, 1.54) is 57.8 Å². The van der Waals surface area contributed by atoms with Crippen LogP contribution in [0, 0.1) is 5.92 Å². The molecule has 0 aliphatic heterocycles. The van der Waals surface area contributed by atoms with Crippen molar-refractivity contribution in [2.45, 2.75) is 82.6 Å². The zero-order valence-corrected chi connectivity index (χ0v) is 13.5. The Balaban J connectivity index is 1.57. The lowest BCUT2D eigenvalue weighted by molar-refractivity contribution is 0.281. The fraction of sp³-hybridized carbons (Fsp3) is 0.882. The van der Waals surface area contributed by atoms with Gasteiger partial charge in [0.05, 0.1) is 0 Å². The number of aromatic nitrogens is 2. The molecule has 1 N–H and O–H groups in total. The summed E-state index contributed by atoms with van der Waals surface area (Å²) in [6, 6.07) is 0.674. The summed E-state index contributed by atoms with van der Waals surface area (Å²) < 4.78 is 5.60. The first-order valence-electron chi connectivity index (χ1n) is 8.80. The molecule has 1 heterocycles. The normalized spacial score (nSPS) is 34.0. The van der Waals surface area contributed by atoms with E-state index < -0.39 is 0 Å². The Morgan fingerprint density at radius 3 is 2.29 bits per heavy atom. The predicted molar refractivity (Wildman–Crippen MR) is 83.3 cm³/mol. The fourth-order valence-electron chi connectivity index (χ4n) is 4.04. The summed E-state index contributed by atoms with van der Waals surface area (Å²) in [4.78, 5) is 4.76. The SMILES string of the molecule is CCC1CCC(c2noc(C3CCC(NC)CC3)n2)CC1. The second kappa shape index (κ2) is 6.91. The van der Waals surface area contributed by atoms with Gasteiger partial charge in [-0.3, -0.25) is 0 Å². The van der Waals surface area contributed by atoms with Gasteiger partial charge in [-0.15, -0.1) is 0 Å². The van der Waals surface area contributed by atoms with Gasteiger partial charge in [-0.2, -0.15) is 4.98 Å². The Labute approximate surface area is 128 Å². The fourth-order valence-corrected chi connectivity index (χ4v) is 4.04. The molecule has 2 aliphatic carbocycles. The summed E-state index contributed by atoms with van der Waals surface area (Å²) in [5, 5.41) is 7.68. The molecule has 4 heteroatoms. The maximum Gasteiger partial charge on any atom is 0.229 e. The van der Waals surface area contributed by atoms with Crippen LogP contribution in [0.4, 0.5) is 0 Å². The highest BCUT2D eigenvalue weighted by molar-refractivity contribution is 5.02. The zero-order chi connectivity index (χ0) is 14.7. The topological polar surface area (TPSA) is 51.0 Å². The summed E-state index contributed by atoms with van der Waals surface area (Å²) in [5.41, 5.74) is 0. The van der Waals surface area contributed by atoms with Crippen LogP contribution < -0.4 is 5.32 Å². The predicted octanol–water partition coefficient (Wildman–Crippen LogP) is 4.00. The summed E-state index contributed by atoms with van der Waals surface area (Å²) in [7, 11) is 2.06. The van der Waals surface area contributed by atoms with E-state index >= 15 is 0 Å². The molecule has 0 unspecified atom stereocenters. The number of hydrogen-bond acceptors (Lipinski definition) is 4. The number of nitrogens with one attached hydrogen (secondary N) is 1. The van der Waals surface area contributed by atoms with Crippen LogP contribution in [0.15, 0.2) is 4.52 Å². The lowest BCUT2D eigenvalue weighted by Crippen LogP contribution is -2.29. The van der Waals surface area contributed by atoms with Crippen LogP contribution in [-0.4, -0.2) is 23.2 Å². The molecule has 0 aromatic carbocycles. The second-order valence-electron chi connectivity index (χ2n) is 6.95. The Morgan fingerprint density at radius 1 is 1.00 bits per heavy atom. The molecular weight excluding hydrogens is 262 g/mol. The molecule has 0 saturated heterocycles. The van der Waals surface area contributed by atoms with Gasteiger partial charge < -0.3 is 9.84 Å². The number of nitrogens with zero attached hydrogens (tertiary/aromatic N) is 2. The zero-order valence-electron chi connectivity index (χ0n) is 13.5. The third-order valence-corrected chi connectivity index (χ3v) is 5.73. The van der Waals surface area contributed by atoms with Crippen LogP contribution >= 0.6 is 0 Å². The van der Waals surface area contributed by atoms with Crippen LogP contribution in [0.5, 0.6) is 0 Å². The van der Waals surface area contributed by atoms with Gasteiger partial charge in [0.1, 0.15) is 0 Å². The van der Waals surface area contributed by atoms with Crippen LogP contribution in [0.25, 0.3) is 0 Å². The maximum absolute atomic E-state index is 5.60. The smallest absolute Gasteiger partial charge is 0.229 e. The average Bonchev–Trinajstić information content (AvgIpc) is 3.05. The van der Waals surface area contributed by atoms with E-state index in [0.29, 0.717) is 17.9 Å². The lowest BCUT2D eigenvalue weighted by Gasteiger charge is -2.26. The van der Waals surface area contributed by atoms with Gasteiger partial charge in [0.25, 0.3) is 0 Å². The molecule has 0 radical (unpaired) electrons. The minimum Gasteiger partial charge on any atom is -0.339 e. The molecule has 0 bridgehead atoms. The summed E-state index contributed by atoms with van der Waals surface area (Å²) in [6.45, 7) is 2.30. The summed E-state index contributed by atoms with van der Waals surface area (Å²) in [5.74, 6) is 3.83. The standard InChI is InChI=1S/C17H29N3O/c1-3-12-4-6-13(7-5-12)16-19-17(21-20-16)14-8-10-15(18-2)11-9-14/h12-15,18H,3-11H2,1-2H3. The highest BCUT2D eigenvalue weighted by Crippen LogP contribution is 2.37.